The van der Waals surface area contributed by atoms with Crippen molar-refractivity contribution in [3.05, 3.63) is 45.3 Å². The van der Waals surface area contributed by atoms with Gasteiger partial charge in [-0.1, -0.05) is 31.5 Å². The molecule has 0 fully saturated rings. The molecule has 7 nitrogen and oxygen atoms in total. The Balaban J connectivity index is 1.84. The summed E-state index contributed by atoms with van der Waals surface area (Å²) in [5, 5.41) is 7.35. The van der Waals surface area contributed by atoms with Crippen LogP contribution in [0.1, 0.15) is 19.4 Å². The zero-order valence-electron chi connectivity index (χ0n) is 15.9. The van der Waals surface area contributed by atoms with Crippen molar-refractivity contribution in [2.45, 2.75) is 32.2 Å². The van der Waals surface area contributed by atoms with Gasteiger partial charge in [0.15, 0.2) is 0 Å². The predicted molar refractivity (Wildman–Crippen MR) is 111 cm³/mol. The number of aromatic nitrogens is 2. The highest BCUT2D eigenvalue weighted by atomic mass is 35.5. The largest absolute Gasteiger partial charge is 0.324 e. The maximum absolute atomic E-state index is 12.9. The van der Waals surface area contributed by atoms with Crippen molar-refractivity contribution < 1.29 is 9.59 Å². The molecule has 0 saturated carbocycles. The number of benzene rings is 1. The number of amides is 2. The van der Waals surface area contributed by atoms with Gasteiger partial charge in [0.25, 0.3) is 5.56 Å². The van der Waals surface area contributed by atoms with Crippen LogP contribution in [0, 0.1) is 12.8 Å². The van der Waals surface area contributed by atoms with Crippen LogP contribution in [0.25, 0.3) is 0 Å². The molecule has 148 valence electrons. The van der Waals surface area contributed by atoms with Crippen LogP contribution in [0.2, 0.25) is 5.02 Å². The lowest BCUT2D eigenvalue weighted by Crippen LogP contribution is -2.44. The average molecular weight is 421 g/mol. The lowest BCUT2D eigenvalue weighted by Gasteiger charge is -2.29. The van der Waals surface area contributed by atoms with Gasteiger partial charge < -0.3 is 10.2 Å². The highest BCUT2D eigenvalue weighted by Crippen LogP contribution is 2.32. The van der Waals surface area contributed by atoms with Crippen LogP contribution >= 0.6 is 23.4 Å². The van der Waals surface area contributed by atoms with Crippen LogP contribution in [0.3, 0.4) is 0 Å². The Morgan fingerprint density at radius 2 is 2.11 bits per heavy atom. The average Bonchev–Trinajstić information content (AvgIpc) is 2.62. The number of fused-ring (bicyclic) bond motifs is 1. The van der Waals surface area contributed by atoms with E-state index in [-0.39, 0.29) is 24.1 Å². The smallest absolute Gasteiger partial charge is 0.292 e. The fraction of sp³-hybridized carbons (Fsp3) is 0.368. The van der Waals surface area contributed by atoms with Gasteiger partial charge in [0.1, 0.15) is 12.2 Å². The first-order valence-electron chi connectivity index (χ1n) is 8.85. The van der Waals surface area contributed by atoms with E-state index < -0.39 is 11.5 Å². The predicted octanol–water partition coefficient (Wildman–Crippen LogP) is 2.94. The number of anilines is 2. The minimum atomic E-state index is -0.448. The molecule has 0 saturated heterocycles. The molecule has 0 bridgehead atoms. The van der Waals surface area contributed by atoms with E-state index in [1.54, 1.807) is 18.2 Å². The van der Waals surface area contributed by atoms with Crippen molar-refractivity contribution in [2.75, 3.05) is 22.5 Å². The van der Waals surface area contributed by atoms with Crippen LogP contribution in [-0.4, -0.2) is 33.9 Å². The number of aryl methyl sites for hydroxylation is 1. The number of carbonyl (C=O) groups excluding carboxylic acids is 2. The Morgan fingerprint density at radius 3 is 2.79 bits per heavy atom. The number of hydrogen-bond acceptors (Lipinski definition) is 5. The molecule has 9 heteroatoms. The normalized spacial score (nSPS) is 13.6. The fourth-order valence-electron chi connectivity index (χ4n) is 2.84. The molecule has 1 aromatic carbocycles. The van der Waals surface area contributed by atoms with Gasteiger partial charge in [-0.15, -0.1) is 11.8 Å². The second kappa shape index (κ2) is 8.36. The number of carbonyl (C=O) groups is 2. The second-order valence-corrected chi connectivity index (χ2v) is 8.44. The summed E-state index contributed by atoms with van der Waals surface area (Å²) in [5.74, 6) is -0.0329. The summed E-state index contributed by atoms with van der Waals surface area (Å²) in [6.07, 6.45) is 1.54. The third-order valence-electron chi connectivity index (χ3n) is 4.20. The van der Waals surface area contributed by atoms with Crippen LogP contribution in [0.15, 0.2) is 34.1 Å². The van der Waals surface area contributed by atoms with Gasteiger partial charge in [-0.25, -0.2) is 4.68 Å². The van der Waals surface area contributed by atoms with Crippen molar-refractivity contribution >= 4 is 46.6 Å². The van der Waals surface area contributed by atoms with Crippen LogP contribution in [0.5, 0.6) is 0 Å². The van der Waals surface area contributed by atoms with Crippen LogP contribution in [-0.2, 0) is 16.1 Å². The lowest BCUT2D eigenvalue weighted by molar-refractivity contribution is -0.117. The quantitative estimate of drug-likeness (QED) is 0.803. The summed E-state index contributed by atoms with van der Waals surface area (Å²) in [6.45, 7) is 6.02. The fourth-order valence-corrected chi connectivity index (χ4v) is 3.91. The summed E-state index contributed by atoms with van der Waals surface area (Å²) < 4.78 is 1.08. The SMILES string of the molecule is Cc1ccc(NC(=O)Cn2ncc3c(c2=O)N(CC(C)C)C(=O)CS3)cc1Cl. The van der Waals surface area contributed by atoms with Gasteiger partial charge in [0.05, 0.1) is 16.8 Å². The number of thioether (sulfide) groups is 1. The number of halogens is 1. The van der Waals surface area contributed by atoms with E-state index in [0.717, 1.165) is 10.2 Å². The van der Waals surface area contributed by atoms with Crippen molar-refractivity contribution in [3.63, 3.8) is 0 Å². The van der Waals surface area contributed by atoms with Gasteiger partial charge in [0, 0.05) is 17.3 Å². The molecule has 3 rings (SSSR count). The summed E-state index contributed by atoms with van der Waals surface area (Å²) in [5.41, 5.74) is 1.30. The molecular formula is C19H21ClN4O3S. The molecule has 0 radical (unpaired) electrons. The molecule has 1 aromatic heterocycles. The molecule has 0 spiro atoms. The summed E-state index contributed by atoms with van der Waals surface area (Å²) in [4.78, 5) is 39.8. The minimum Gasteiger partial charge on any atom is -0.324 e. The molecule has 1 N–H and O–H groups in total. The molecule has 28 heavy (non-hydrogen) atoms. The summed E-state index contributed by atoms with van der Waals surface area (Å²) in [6, 6.07) is 5.19. The first-order chi connectivity index (χ1) is 13.3. The van der Waals surface area contributed by atoms with Crippen LogP contribution in [0.4, 0.5) is 11.4 Å². The zero-order chi connectivity index (χ0) is 20.4. The molecule has 2 heterocycles. The molecule has 1 aliphatic heterocycles. The van der Waals surface area contributed by atoms with E-state index in [0.29, 0.717) is 27.8 Å². The highest BCUT2D eigenvalue weighted by molar-refractivity contribution is 8.00. The van der Waals surface area contributed by atoms with E-state index in [1.165, 1.54) is 22.9 Å². The third-order valence-corrected chi connectivity index (χ3v) is 5.61. The number of nitrogens with zero attached hydrogens (tertiary/aromatic N) is 3. The molecule has 0 aliphatic carbocycles. The van der Waals surface area contributed by atoms with Crippen molar-refractivity contribution in [1.29, 1.82) is 0 Å². The number of nitrogens with one attached hydrogen (secondary N) is 1. The van der Waals surface area contributed by atoms with Gasteiger partial charge in [-0.2, -0.15) is 5.10 Å². The Hall–Kier alpha value is -2.32. The molecule has 0 atom stereocenters. The zero-order valence-corrected chi connectivity index (χ0v) is 17.4. The van der Waals surface area contributed by atoms with E-state index >= 15 is 0 Å². The minimum absolute atomic E-state index is 0.111. The first-order valence-corrected chi connectivity index (χ1v) is 10.2. The third kappa shape index (κ3) is 4.39. The van der Waals surface area contributed by atoms with Gasteiger partial charge in [-0.05, 0) is 30.5 Å². The number of rotatable bonds is 5. The maximum atomic E-state index is 12.9. The maximum Gasteiger partial charge on any atom is 0.292 e. The molecular weight excluding hydrogens is 400 g/mol. The summed E-state index contributed by atoms with van der Waals surface area (Å²) >= 11 is 7.37. The van der Waals surface area contributed by atoms with Crippen LogP contribution < -0.4 is 15.8 Å². The Kier molecular flexibility index (Phi) is 6.10. The Labute approximate surface area is 172 Å². The Morgan fingerprint density at radius 1 is 1.36 bits per heavy atom. The van der Waals surface area contributed by atoms with Gasteiger partial charge >= 0.3 is 0 Å². The first kappa shape index (κ1) is 20.4. The van der Waals surface area contributed by atoms with Gasteiger partial charge in [-0.3, -0.25) is 14.4 Å². The molecule has 2 amide bonds. The van der Waals surface area contributed by atoms with Gasteiger partial charge in [0.2, 0.25) is 11.8 Å². The van der Waals surface area contributed by atoms with E-state index in [2.05, 4.69) is 10.4 Å². The second-order valence-electron chi connectivity index (χ2n) is 7.02. The monoisotopic (exact) mass is 420 g/mol. The molecule has 1 aliphatic rings. The van der Waals surface area contributed by atoms with Crippen molar-refractivity contribution in [2.24, 2.45) is 5.92 Å². The Bertz CT molecular complexity index is 990. The molecule has 2 aromatic rings. The lowest BCUT2D eigenvalue weighted by atomic mass is 10.2. The van der Waals surface area contributed by atoms with Crippen molar-refractivity contribution in [1.82, 2.24) is 9.78 Å². The number of hydrogen-bond donors (Lipinski definition) is 1. The topological polar surface area (TPSA) is 84.3 Å². The van der Waals surface area contributed by atoms with Crippen molar-refractivity contribution in [3.8, 4) is 0 Å². The standard InChI is InChI=1S/C19H21ClN4O3S/c1-11(2)8-23-17(26)10-28-15-7-21-24(19(27)18(15)23)9-16(25)22-13-5-4-12(3)14(20)6-13/h4-7,11H,8-10H2,1-3H3,(H,22,25). The van der Waals surface area contributed by atoms with E-state index in [1.807, 2.05) is 20.8 Å². The van der Waals surface area contributed by atoms with E-state index in [4.69, 9.17) is 11.6 Å². The summed E-state index contributed by atoms with van der Waals surface area (Å²) in [7, 11) is 0. The molecule has 0 unspecified atom stereocenters. The highest BCUT2D eigenvalue weighted by Gasteiger charge is 2.29. The van der Waals surface area contributed by atoms with E-state index in [9.17, 15) is 14.4 Å².